The summed E-state index contributed by atoms with van der Waals surface area (Å²) in [6.07, 6.45) is 0.892. The van der Waals surface area contributed by atoms with Crippen molar-refractivity contribution in [1.29, 1.82) is 0 Å². The van der Waals surface area contributed by atoms with Gasteiger partial charge in [0.15, 0.2) is 0 Å². The molecule has 104 valence electrons. The fraction of sp³-hybridized carbons (Fsp3) is 0.294. The Morgan fingerprint density at radius 2 is 1.85 bits per heavy atom. The standard InChI is InChI=1S/C17H17F2N/c1-11-10-20-8-7-12-9-13(5-6-14(11)12)17-15(18)3-2-4-16(17)19/h2-6,9,11,20H,7-8,10H2,1H3/t11-/m1/s1. The molecule has 1 atom stereocenters. The summed E-state index contributed by atoms with van der Waals surface area (Å²) in [4.78, 5) is 0. The second-order valence-corrected chi connectivity index (χ2v) is 5.37. The lowest BCUT2D eigenvalue weighted by atomic mass is 9.91. The van der Waals surface area contributed by atoms with Crippen molar-refractivity contribution in [1.82, 2.24) is 5.32 Å². The topological polar surface area (TPSA) is 12.0 Å². The molecule has 0 amide bonds. The maximum absolute atomic E-state index is 13.9. The number of halogens is 2. The summed E-state index contributed by atoms with van der Waals surface area (Å²) >= 11 is 0. The lowest BCUT2D eigenvalue weighted by Gasteiger charge is -2.14. The van der Waals surface area contributed by atoms with Gasteiger partial charge >= 0.3 is 0 Å². The average molecular weight is 273 g/mol. The van der Waals surface area contributed by atoms with Gasteiger partial charge in [0.05, 0.1) is 5.56 Å². The summed E-state index contributed by atoms with van der Waals surface area (Å²) in [7, 11) is 0. The highest BCUT2D eigenvalue weighted by molar-refractivity contribution is 5.66. The zero-order valence-corrected chi connectivity index (χ0v) is 11.4. The van der Waals surface area contributed by atoms with Crippen LogP contribution < -0.4 is 5.32 Å². The summed E-state index contributed by atoms with van der Waals surface area (Å²) < 4.78 is 27.7. The quantitative estimate of drug-likeness (QED) is 0.831. The highest BCUT2D eigenvalue weighted by Crippen LogP contribution is 2.31. The fourth-order valence-electron chi connectivity index (χ4n) is 2.88. The Hall–Kier alpha value is -1.74. The first kappa shape index (κ1) is 13.3. The monoisotopic (exact) mass is 273 g/mol. The minimum Gasteiger partial charge on any atom is -0.316 e. The number of hydrogen-bond acceptors (Lipinski definition) is 1. The molecule has 0 spiro atoms. The molecule has 1 N–H and O–H groups in total. The van der Waals surface area contributed by atoms with Crippen molar-refractivity contribution in [3.63, 3.8) is 0 Å². The van der Waals surface area contributed by atoms with E-state index in [9.17, 15) is 8.78 Å². The van der Waals surface area contributed by atoms with Gasteiger partial charge in [-0.2, -0.15) is 0 Å². The Bertz CT molecular complexity index is 617. The molecule has 3 rings (SSSR count). The molecule has 2 aromatic rings. The molecular weight excluding hydrogens is 256 g/mol. The van der Waals surface area contributed by atoms with E-state index >= 15 is 0 Å². The van der Waals surface area contributed by atoms with Crippen molar-refractivity contribution in [2.75, 3.05) is 13.1 Å². The Morgan fingerprint density at radius 3 is 2.60 bits per heavy atom. The molecule has 0 radical (unpaired) electrons. The molecule has 1 aliphatic heterocycles. The van der Waals surface area contributed by atoms with Crippen molar-refractivity contribution >= 4 is 0 Å². The van der Waals surface area contributed by atoms with E-state index < -0.39 is 11.6 Å². The van der Waals surface area contributed by atoms with Crippen LogP contribution in [0.5, 0.6) is 0 Å². The molecule has 1 nitrogen and oxygen atoms in total. The van der Waals surface area contributed by atoms with E-state index in [2.05, 4.69) is 12.2 Å². The third kappa shape index (κ3) is 2.34. The molecule has 0 unspecified atom stereocenters. The van der Waals surface area contributed by atoms with E-state index in [1.807, 2.05) is 18.2 Å². The van der Waals surface area contributed by atoms with E-state index in [1.54, 1.807) is 0 Å². The number of hydrogen-bond donors (Lipinski definition) is 1. The van der Waals surface area contributed by atoms with Crippen molar-refractivity contribution in [2.45, 2.75) is 19.3 Å². The third-order valence-corrected chi connectivity index (χ3v) is 3.95. The number of benzene rings is 2. The molecule has 0 saturated heterocycles. The first-order valence-electron chi connectivity index (χ1n) is 6.94. The predicted molar refractivity (Wildman–Crippen MR) is 76.8 cm³/mol. The molecular formula is C17H17F2N. The predicted octanol–water partition coefficient (Wildman–Crippen LogP) is 3.88. The lowest BCUT2D eigenvalue weighted by Crippen LogP contribution is -2.18. The smallest absolute Gasteiger partial charge is 0.133 e. The van der Waals surface area contributed by atoms with Crippen LogP contribution in [0.1, 0.15) is 24.0 Å². The van der Waals surface area contributed by atoms with Crippen LogP contribution in [0, 0.1) is 11.6 Å². The molecule has 2 aromatic carbocycles. The van der Waals surface area contributed by atoms with E-state index in [1.165, 1.54) is 29.3 Å². The van der Waals surface area contributed by atoms with Crippen LogP contribution >= 0.6 is 0 Å². The molecule has 1 aliphatic rings. The summed E-state index contributed by atoms with van der Waals surface area (Å²) in [5.74, 6) is -0.596. The molecule has 0 fully saturated rings. The zero-order valence-electron chi connectivity index (χ0n) is 11.4. The highest BCUT2D eigenvalue weighted by atomic mass is 19.1. The maximum atomic E-state index is 13.9. The molecule has 3 heteroatoms. The largest absolute Gasteiger partial charge is 0.316 e. The van der Waals surface area contributed by atoms with Gasteiger partial charge in [0.1, 0.15) is 11.6 Å². The minimum absolute atomic E-state index is 0.0696. The molecule has 0 bridgehead atoms. The van der Waals surface area contributed by atoms with Gasteiger partial charge < -0.3 is 5.32 Å². The first-order valence-corrected chi connectivity index (χ1v) is 6.94. The normalized spacial score (nSPS) is 18.4. The Kier molecular flexibility index (Phi) is 3.53. The fourth-order valence-corrected chi connectivity index (χ4v) is 2.88. The van der Waals surface area contributed by atoms with Gasteiger partial charge in [0.2, 0.25) is 0 Å². The van der Waals surface area contributed by atoms with Crippen molar-refractivity contribution in [3.05, 3.63) is 59.2 Å². The minimum atomic E-state index is -0.509. The Balaban J connectivity index is 2.11. The molecule has 0 aromatic heterocycles. The van der Waals surface area contributed by atoms with E-state index in [4.69, 9.17) is 0 Å². The maximum Gasteiger partial charge on any atom is 0.133 e. The molecule has 0 saturated carbocycles. The van der Waals surface area contributed by atoms with E-state index in [0.29, 0.717) is 11.5 Å². The summed E-state index contributed by atoms with van der Waals surface area (Å²) in [5.41, 5.74) is 3.15. The van der Waals surface area contributed by atoms with Crippen molar-refractivity contribution in [3.8, 4) is 11.1 Å². The zero-order chi connectivity index (χ0) is 14.1. The second-order valence-electron chi connectivity index (χ2n) is 5.37. The van der Waals surface area contributed by atoms with Gasteiger partial charge in [-0.3, -0.25) is 0 Å². The first-order chi connectivity index (χ1) is 9.66. The van der Waals surface area contributed by atoms with Gasteiger partial charge in [0, 0.05) is 6.54 Å². The molecule has 1 heterocycles. The van der Waals surface area contributed by atoms with E-state index in [0.717, 1.165) is 19.5 Å². The number of nitrogens with one attached hydrogen (secondary N) is 1. The second kappa shape index (κ2) is 5.33. The van der Waals surface area contributed by atoms with Crippen molar-refractivity contribution < 1.29 is 8.78 Å². The van der Waals surface area contributed by atoms with Crippen LogP contribution in [-0.2, 0) is 6.42 Å². The summed E-state index contributed by atoms with van der Waals surface area (Å²) in [6.45, 7) is 4.02. The van der Waals surface area contributed by atoms with Gasteiger partial charge in [-0.1, -0.05) is 31.2 Å². The van der Waals surface area contributed by atoms with Gasteiger partial charge in [-0.15, -0.1) is 0 Å². The van der Waals surface area contributed by atoms with Crippen LogP contribution in [0.3, 0.4) is 0 Å². The molecule has 20 heavy (non-hydrogen) atoms. The van der Waals surface area contributed by atoms with E-state index in [-0.39, 0.29) is 5.56 Å². The highest BCUT2D eigenvalue weighted by Gasteiger charge is 2.17. The van der Waals surface area contributed by atoms with Gasteiger partial charge in [-0.05, 0) is 47.7 Å². The Labute approximate surface area is 117 Å². The summed E-state index contributed by atoms with van der Waals surface area (Å²) in [5, 5.41) is 3.38. The van der Waals surface area contributed by atoms with Crippen molar-refractivity contribution in [2.24, 2.45) is 0 Å². The average Bonchev–Trinajstić information content (AvgIpc) is 2.61. The van der Waals surface area contributed by atoms with Gasteiger partial charge in [-0.25, -0.2) is 8.78 Å². The third-order valence-electron chi connectivity index (χ3n) is 3.95. The summed E-state index contributed by atoms with van der Waals surface area (Å²) in [6, 6.07) is 9.75. The SMILES string of the molecule is C[C@@H]1CNCCc2cc(-c3c(F)cccc3F)ccc21. The number of rotatable bonds is 1. The number of fused-ring (bicyclic) bond motifs is 1. The van der Waals surface area contributed by atoms with Crippen LogP contribution in [0.2, 0.25) is 0 Å². The molecule has 0 aliphatic carbocycles. The van der Waals surface area contributed by atoms with Gasteiger partial charge in [0.25, 0.3) is 0 Å². The van der Waals surface area contributed by atoms with Crippen LogP contribution in [-0.4, -0.2) is 13.1 Å². The lowest BCUT2D eigenvalue weighted by molar-refractivity contribution is 0.589. The van der Waals surface area contributed by atoms with Crippen LogP contribution in [0.25, 0.3) is 11.1 Å². The van der Waals surface area contributed by atoms with Crippen LogP contribution in [0.15, 0.2) is 36.4 Å². The Morgan fingerprint density at radius 1 is 1.10 bits per heavy atom. The van der Waals surface area contributed by atoms with Crippen LogP contribution in [0.4, 0.5) is 8.78 Å².